The minimum Gasteiger partial charge on any atom is -0.507 e. The minimum atomic E-state index is -0.315. The number of phenols is 4. The van der Waals surface area contributed by atoms with E-state index in [9.17, 15) is 20.4 Å². The van der Waals surface area contributed by atoms with Crippen LogP contribution in [0.2, 0.25) is 0 Å². The van der Waals surface area contributed by atoms with E-state index in [0.717, 1.165) is 101 Å². The molecule has 0 amide bonds. The zero-order valence-electron chi connectivity index (χ0n) is 68.3. The maximum Gasteiger partial charge on any atom is 0.132 e. The standard InChI is InChI=1S/C32H22O2.C24H34O2.2C12H17N.2C7H8.2C3H6.2Mo/c33-31-27(21-11-3-1-4-12-21)19-23-15-7-9-17-25(23)29(31)30-26-18-10-8-16-24(26)20-28(32(30)34)22-13-5-2-6-14-22;1-13-11-17(23(5,6)7)21(25)19(15(13)3)20-16(4)14(2)12-18(22(20)26)24(8,9)10;2*1-8(2)10-6-5-7-11(9(3)4)12(10)13;2*1-7-5-3-2-4-6-7;2*1-3-2;;/h1-20,33-34H;11-12,25-26H,1-10H3;2*5-9H,1-4H3;2*2-6H,1H3;2*1H,3H2,2H3;;. The molecule has 0 atom stereocenters. The molecular formula is C100H118Mo2N2O4. The Bertz CT molecular complexity index is 4710. The Hall–Kier alpha value is -8.92. The molecule has 12 rings (SSSR count). The molecule has 4 N–H and O–H groups in total. The van der Waals surface area contributed by atoms with Gasteiger partial charge in [-0.2, -0.15) is 0 Å². The van der Waals surface area contributed by atoms with E-state index in [-0.39, 0.29) is 69.7 Å². The summed E-state index contributed by atoms with van der Waals surface area (Å²) < 4.78 is 14.5. The van der Waals surface area contributed by atoms with Gasteiger partial charge >= 0.3 is 227 Å². The fraction of sp³-hybridized carbons (Fsp3) is 0.300. The third-order valence-electron chi connectivity index (χ3n) is 19.3. The van der Waals surface area contributed by atoms with Crippen LogP contribution >= 0.6 is 0 Å². The van der Waals surface area contributed by atoms with E-state index in [0.29, 0.717) is 34.8 Å². The first-order valence-electron chi connectivity index (χ1n) is 38.3. The maximum absolute atomic E-state index is 11.7. The van der Waals surface area contributed by atoms with Gasteiger partial charge in [0.15, 0.2) is 0 Å². The summed E-state index contributed by atoms with van der Waals surface area (Å²) in [6.07, 6.45) is 2.29. The van der Waals surface area contributed by atoms with Gasteiger partial charge in [0.05, 0.1) is 0 Å². The second-order valence-corrected chi connectivity index (χ2v) is 34.8. The second-order valence-electron chi connectivity index (χ2n) is 31.2. The molecule has 12 aromatic rings. The molecule has 0 aromatic heterocycles. The van der Waals surface area contributed by atoms with Gasteiger partial charge in [-0.25, -0.2) is 0 Å². The van der Waals surface area contributed by atoms with Crippen LogP contribution in [0, 0.1) is 41.5 Å². The molecule has 0 unspecified atom stereocenters. The molecule has 0 aliphatic carbocycles. The van der Waals surface area contributed by atoms with Crippen molar-refractivity contribution in [3.05, 3.63) is 297 Å². The molecule has 8 heteroatoms. The molecule has 6 nitrogen and oxygen atoms in total. The van der Waals surface area contributed by atoms with Crippen molar-refractivity contribution in [1.82, 2.24) is 0 Å². The predicted molar refractivity (Wildman–Crippen MR) is 461 cm³/mol. The summed E-state index contributed by atoms with van der Waals surface area (Å²) in [7, 11) is 0. The Kier molecular flexibility index (Phi) is 32.4. The normalized spacial score (nSPS) is 11.1. The molecule has 108 heavy (non-hydrogen) atoms. The average molecular weight is 1600 g/mol. The van der Waals surface area contributed by atoms with Crippen LogP contribution in [0.4, 0.5) is 11.4 Å². The van der Waals surface area contributed by atoms with Gasteiger partial charge in [-0.05, 0) is 119 Å². The summed E-state index contributed by atoms with van der Waals surface area (Å²) in [6, 6.07) is 77.7. The van der Waals surface area contributed by atoms with E-state index >= 15 is 0 Å². The topological polar surface area (TPSA) is 106 Å². The van der Waals surface area contributed by atoms with Gasteiger partial charge in [-0.3, -0.25) is 0 Å². The Morgan fingerprint density at radius 2 is 0.611 bits per heavy atom. The van der Waals surface area contributed by atoms with Crippen molar-refractivity contribution in [2.45, 2.75) is 200 Å². The number of aryl methyl sites for hydroxylation is 4. The summed E-state index contributed by atoms with van der Waals surface area (Å²) in [6.45, 7) is 47.4. The molecule has 0 radical (unpaired) electrons. The third-order valence-corrected chi connectivity index (χ3v) is 23.1. The van der Waals surface area contributed by atoms with E-state index < -0.39 is 0 Å². The molecule has 12 aromatic carbocycles. The Labute approximate surface area is 664 Å². The zero-order valence-corrected chi connectivity index (χ0v) is 72.3. The van der Waals surface area contributed by atoms with Gasteiger partial charge in [-0.15, -0.1) is 0 Å². The molecule has 0 spiro atoms. The number of hydrogen-bond donors (Lipinski definition) is 4. The van der Waals surface area contributed by atoms with Gasteiger partial charge in [0.1, 0.15) is 23.0 Å². The molecule has 0 saturated heterocycles. The third kappa shape index (κ3) is 22.6. The van der Waals surface area contributed by atoms with Crippen LogP contribution in [0.5, 0.6) is 23.0 Å². The molecule has 0 heterocycles. The zero-order chi connectivity index (χ0) is 79.2. The van der Waals surface area contributed by atoms with Crippen molar-refractivity contribution in [3.8, 4) is 67.5 Å². The van der Waals surface area contributed by atoms with Crippen molar-refractivity contribution < 1.29 is 56.3 Å². The summed E-state index contributed by atoms with van der Waals surface area (Å²) in [5.41, 5.74) is 22.7. The molecule has 0 saturated carbocycles. The van der Waals surface area contributed by atoms with Crippen molar-refractivity contribution in [1.29, 1.82) is 0 Å². The number of phenolic OH excluding ortho intramolecular Hbond substituents is 4. The predicted octanol–water partition coefficient (Wildman–Crippen LogP) is 29.1. The Balaban J connectivity index is 0.000000195. The van der Waals surface area contributed by atoms with Gasteiger partial charge in [0, 0.05) is 44.5 Å². The molecule has 564 valence electrons. The average Bonchev–Trinajstić information content (AvgIpc) is 0.742. The van der Waals surface area contributed by atoms with Crippen LogP contribution in [0.3, 0.4) is 0 Å². The number of fused-ring (bicyclic) bond motifs is 2. The Morgan fingerprint density at radius 1 is 0.333 bits per heavy atom. The fourth-order valence-electron chi connectivity index (χ4n) is 13.0. The summed E-state index contributed by atoms with van der Waals surface area (Å²) >= 11 is -0.630. The molecule has 0 fully saturated rings. The number of benzene rings is 12. The molecule has 0 aliphatic heterocycles. The largest absolute Gasteiger partial charge is 0.507 e. The van der Waals surface area contributed by atoms with Gasteiger partial charge in [-0.1, -0.05) is 235 Å². The van der Waals surface area contributed by atoms with Gasteiger partial charge in [0.2, 0.25) is 0 Å². The van der Waals surface area contributed by atoms with Gasteiger partial charge in [0.25, 0.3) is 0 Å². The molecule has 0 bridgehead atoms. The van der Waals surface area contributed by atoms with Crippen molar-refractivity contribution >= 4 is 41.7 Å². The maximum atomic E-state index is 11.7. The van der Waals surface area contributed by atoms with Crippen molar-refractivity contribution in [2.75, 3.05) is 0 Å². The summed E-state index contributed by atoms with van der Waals surface area (Å²) in [5.74, 6) is 3.12. The fourth-order valence-corrected chi connectivity index (χ4v) is 15.7. The number of rotatable bonds is 12. The first-order chi connectivity index (χ1) is 51.3. The van der Waals surface area contributed by atoms with Crippen LogP contribution in [0.15, 0.2) is 238 Å². The van der Waals surface area contributed by atoms with E-state index in [4.69, 9.17) is 6.99 Å². The molecular weight excluding hydrogens is 1480 g/mol. The van der Waals surface area contributed by atoms with Gasteiger partial charge < -0.3 is 20.4 Å². The first kappa shape index (κ1) is 86.3. The monoisotopic (exact) mass is 1610 g/mol. The van der Waals surface area contributed by atoms with E-state index in [1.807, 2.05) is 172 Å². The van der Waals surface area contributed by atoms with Crippen LogP contribution in [-0.2, 0) is 46.7 Å². The second kappa shape index (κ2) is 40.5. The van der Waals surface area contributed by atoms with E-state index in [1.54, 1.807) is 0 Å². The summed E-state index contributed by atoms with van der Waals surface area (Å²) in [5, 5.41) is 49.7. The smallest absolute Gasteiger partial charge is 0.132 e. The van der Waals surface area contributed by atoms with Crippen molar-refractivity contribution in [2.24, 2.45) is 6.99 Å². The van der Waals surface area contributed by atoms with Crippen LogP contribution < -0.4 is 0 Å². The van der Waals surface area contributed by atoms with E-state index in [1.165, 1.54) is 44.8 Å². The van der Waals surface area contributed by atoms with Crippen molar-refractivity contribution in [3.63, 3.8) is 0 Å². The van der Waals surface area contributed by atoms with Crippen LogP contribution in [0.1, 0.15) is 214 Å². The molecule has 0 aliphatic rings. The summed E-state index contributed by atoms with van der Waals surface area (Å²) in [4.78, 5) is 0. The van der Waals surface area contributed by atoms with Crippen LogP contribution in [0.25, 0.3) is 66.1 Å². The number of nitrogens with zero attached hydrogens (tertiary/aromatic N) is 2. The van der Waals surface area contributed by atoms with Crippen LogP contribution in [-0.4, -0.2) is 29.2 Å². The first-order valence-corrected chi connectivity index (χ1v) is 42.4. The minimum absolute atomic E-state index is 0.163. The number of aromatic hydroxyl groups is 4. The SMILES string of the molecule is CC[CH]=[Mo]=[N]c1c(C(C)C)cccc1C(C)C.CC[CH]=[Mo]=[N]c1c(C(C)C)cccc1C(C)C.Cc1cc(C(C)(C)C)c(O)c(-c2c(C)c(C)cc(C(C)(C)C)c2O)c1C.Cc1ccccc1.Cc1ccccc1.Oc1c(-c2ccccc2)cc2ccccc2c1-c1c(O)c(-c2ccccc2)cc2ccccc12. The Morgan fingerprint density at radius 3 is 0.870 bits per heavy atom. The number of hydrogen-bond acceptors (Lipinski definition) is 6. The quantitative estimate of drug-likeness (QED) is 0.0915. The van der Waals surface area contributed by atoms with E-state index in [2.05, 4.69) is 220 Å².